The van der Waals surface area contributed by atoms with Crippen LogP contribution in [0.4, 0.5) is 5.69 Å². The van der Waals surface area contributed by atoms with Crippen LogP contribution in [0.1, 0.15) is 31.0 Å². The van der Waals surface area contributed by atoms with E-state index in [4.69, 9.17) is 9.47 Å². The van der Waals surface area contributed by atoms with Gasteiger partial charge in [-0.1, -0.05) is 29.5 Å². The first-order chi connectivity index (χ1) is 16.7. The minimum absolute atomic E-state index is 0.0157. The molecule has 0 radical (unpaired) electrons. The van der Waals surface area contributed by atoms with E-state index in [9.17, 15) is 14.7 Å². The summed E-state index contributed by atoms with van der Waals surface area (Å²) >= 11 is 1.24. The van der Waals surface area contributed by atoms with Crippen molar-refractivity contribution in [3.63, 3.8) is 0 Å². The summed E-state index contributed by atoms with van der Waals surface area (Å²) in [6, 6.07) is 11.9. The molecule has 0 fully saturated rings. The summed E-state index contributed by atoms with van der Waals surface area (Å²) in [5.41, 5.74) is 3.07. The number of fused-ring (bicyclic) bond motifs is 1. The number of nitrogens with zero attached hydrogens (tertiary/aromatic N) is 3. The van der Waals surface area contributed by atoms with Crippen LogP contribution in [0.15, 0.2) is 63.5 Å². The Labute approximate surface area is 206 Å². The van der Waals surface area contributed by atoms with Gasteiger partial charge in [0.15, 0.2) is 16.3 Å². The van der Waals surface area contributed by atoms with Crippen molar-refractivity contribution in [2.45, 2.75) is 19.9 Å². The number of benzene rings is 2. The highest BCUT2D eigenvalue weighted by Crippen LogP contribution is 2.32. The number of carbonyl (C=O) groups is 1. The number of esters is 1. The Morgan fingerprint density at radius 1 is 1.23 bits per heavy atom. The third kappa shape index (κ3) is 4.59. The fourth-order valence-corrected chi connectivity index (χ4v) is 5.04. The van der Waals surface area contributed by atoms with Crippen molar-refractivity contribution in [2.24, 2.45) is 4.99 Å². The predicted octanol–water partition coefficient (Wildman–Crippen LogP) is 2.58. The predicted molar refractivity (Wildman–Crippen MR) is 136 cm³/mol. The van der Waals surface area contributed by atoms with Crippen LogP contribution in [0.3, 0.4) is 0 Å². The molecule has 0 spiro atoms. The molecule has 4 rings (SSSR count). The number of rotatable bonds is 6. The zero-order valence-electron chi connectivity index (χ0n) is 20.2. The number of aromatic hydroxyl groups is 1. The second kappa shape index (κ2) is 9.79. The van der Waals surface area contributed by atoms with Crippen molar-refractivity contribution in [1.82, 2.24) is 4.57 Å². The highest BCUT2D eigenvalue weighted by molar-refractivity contribution is 7.07. The molecule has 0 unspecified atom stereocenters. The molecular formula is C26H27N3O5S. The molecule has 0 bridgehead atoms. The van der Waals surface area contributed by atoms with Crippen molar-refractivity contribution in [3.05, 3.63) is 84.5 Å². The van der Waals surface area contributed by atoms with Crippen molar-refractivity contribution in [1.29, 1.82) is 0 Å². The topological polar surface area (TPSA) is 93.4 Å². The maximum absolute atomic E-state index is 13.6. The summed E-state index contributed by atoms with van der Waals surface area (Å²) in [6.07, 6.45) is 1.72. The molecule has 1 N–H and O–H groups in total. The first-order valence-corrected chi connectivity index (χ1v) is 11.9. The lowest BCUT2D eigenvalue weighted by Gasteiger charge is -2.25. The molecule has 1 atom stereocenters. The van der Waals surface area contributed by atoms with E-state index in [0.717, 1.165) is 11.3 Å². The van der Waals surface area contributed by atoms with E-state index in [-0.39, 0.29) is 17.9 Å². The third-order valence-electron chi connectivity index (χ3n) is 5.74. The van der Waals surface area contributed by atoms with Crippen LogP contribution < -0.4 is 24.5 Å². The van der Waals surface area contributed by atoms with E-state index in [2.05, 4.69) is 4.99 Å². The van der Waals surface area contributed by atoms with Crippen LogP contribution in [0.2, 0.25) is 0 Å². The van der Waals surface area contributed by atoms with E-state index in [1.165, 1.54) is 24.5 Å². The molecule has 0 amide bonds. The lowest BCUT2D eigenvalue weighted by atomic mass is 9.95. The van der Waals surface area contributed by atoms with Gasteiger partial charge in [0.2, 0.25) is 0 Å². The second-order valence-corrected chi connectivity index (χ2v) is 9.23. The number of allylic oxidation sites excluding steroid dienone is 1. The summed E-state index contributed by atoms with van der Waals surface area (Å²) in [5.74, 6) is -0.166. The molecule has 35 heavy (non-hydrogen) atoms. The van der Waals surface area contributed by atoms with Gasteiger partial charge in [-0.25, -0.2) is 9.79 Å². The monoisotopic (exact) mass is 493 g/mol. The fraction of sp³-hybridized carbons (Fsp3) is 0.269. The number of anilines is 1. The van der Waals surface area contributed by atoms with Gasteiger partial charge in [0.1, 0.15) is 0 Å². The molecule has 2 heterocycles. The summed E-state index contributed by atoms with van der Waals surface area (Å²) in [6.45, 7) is 3.72. The number of hydrogen-bond acceptors (Lipinski definition) is 8. The number of carbonyl (C=O) groups excluding carboxylic acids is 1. The molecule has 8 nitrogen and oxygen atoms in total. The Kier molecular flexibility index (Phi) is 6.79. The van der Waals surface area contributed by atoms with E-state index >= 15 is 0 Å². The molecule has 9 heteroatoms. The van der Waals surface area contributed by atoms with Gasteiger partial charge in [0.25, 0.3) is 5.56 Å². The number of aromatic nitrogens is 1. The normalized spacial score (nSPS) is 15.5. The van der Waals surface area contributed by atoms with Crippen LogP contribution >= 0.6 is 11.3 Å². The highest BCUT2D eigenvalue weighted by Gasteiger charge is 2.33. The number of methoxy groups -OCH3 is 1. The minimum Gasteiger partial charge on any atom is -0.504 e. The van der Waals surface area contributed by atoms with E-state index in [1.807, 2.05) is 43.3 Å². The Bertz CT molecular complexity index is 1480. The number of phenols is 1. The lowest BCUT2D eigenvalue weighted by Crippen LogP contribution is -2.39. The maximum atomic E-state index is 13.6. The number of hydrogen-bond donors (Lipinski definition) is 1. The average Bonchev–Trinajstić information content (AvgIpc) is 3.13. The van der Waals surface area contributed by atoms with Crippen LogP contribution in [-0.2, 0) is 9.53 Å². The summed E-state index contributed by atoms with van der Waals surface area (Å²) in [4.78, 5) is 33.7. The Hall–Kier alpha value is -3.85. The summed E-state index contributed by atoms with van der Waals surface area (Å²) < 4.78 is 12.5. The molecule has 182 valence electrons. The standard InChI is InChI=1S/C26H27N3O5S/c1-6-34-25(32)22-15(2)27-26-29(23(22)17-8-10-18(11-9-17)28(3)4)24(31)21(35-26)14-16-7-12-19(30)20(13-16)33-5/h7-14,23,30H,6H2,1-5H3/b21-14-/t23-/m0/s1. The molecule has 1 aliphatic heterocycles. The zero-order valence-corrected chi connectivity index (χ0v) is 21.0. The van der Waals surface area contributed by atoms with Crippen LogP contribution in [0, 0.1) is 0 Å². The van der Waals surface area contributed by atoms with E-state index < -0.39 is 12.0 Å². The Morgan fingerprint density at radius 3 is 2.57 bits per heavy atom. The van der Waals surface area contributed by atoms with E-state index in [0.29, 0.717) is 31.9 Å². The van der Waals surface area contributed by atoms with Gasteiger partial charge in [-0.3, -0.25) is 9.36 Å². The molecule has 3 aromatic rings. The molecule has 0 saturated heterocycles. The highest BCUT2D eigenvalue weighted by atomic mass is 32.1. The quantitative estimate of drug-likeness (QED) is 0.531. The van der Waals surface area contributed by atoms with Gasteiger partial charge in [-0.2, -0.15) is 0 Å². The summed E-state index contributed by atoms with van der Waals surface area (Å²) in [7, 11) is 5.36. The molecule has 0 aliphatic carbocycles. The molecule has 2 aromatic carbocycles. The number of phenolic OH excluding ortho intramolecular Hbond substituents is 1. The fourth-order valence-electron chi connectivity index (χ4n) is 4.00. The molecule has 0 saturated carbocycles. The van der Waals surface area contributed by atoms with Crippen molar-refractivity contribution in [2.75, 3.05) is 32.7 Å². The van der Waals surface area contributed by atoms with Gasteiger partial charge in [-0.05, 0) is 55.3 Å². The van der Waals surface area contributed by atoms with Crippen molar-refractivity contribution < 1.29 is 19.4 Å². The SMILES string of the molecule is CCOC(=O)C1=C(C)N=c2s/c(=C\c3ccc(O)c(OC)c3)c(=O)n2[C@H]1c1ccc(N(C)C)cc1. The largest absolute Gasteiger partial charge is 0.504 e. The van der Waals surface area contributed by atoms with Gasteiger partial charge >= 0.3 is 5.97 Å². The molecule has 1 aliphatic rings. The Balaban J connectivity index is 1.92. The van der Waals surface area contributed by atoms with Gasteiger partial charge in [0.05, 0.1) is 35.6 Å². The average molecular weight is 494 g/mol. The summed E-state index contributed by atoms with van der Waals surface area (Å²) in [5, 5.41) is 9.89. The van der Waals surface area contributed by atoms with Gasteiger partial charge in [0, 0.05) is 19.8 Å². The Morgan fingerprint density at radius 2 is 1.94 bits per heavy atom. The molecular weight excluding hydrogens is 466 g/mol. The first kappa shape index (κ1) is 24.3. The number of ether oxygens (including phenoxy) is 2. The van der Waals surface area contributed by atoms with Gasteiger partial charge < -0.3 is 19.5 Å². The number of thiazole rings is 1. The van der Waals surface area contributed by atoms with E-state index in [1.54, 1.807) is 36.6 Å². The second-order valence-electron chi connectivity index (χ2n) is 8.22. The first-order valence-electron chi connectivity index (χ1n) is 11.1. The van der Waals surface area contributed by atoms with Crippen LogP contribution in [0.5, 0.6) is 11.5 Å². The third-order valence-corrected chi connectivity index (χ3v) is 6.73. The maximum Gasteiger partial charge on any atom is 0.338 e. The van der Waals surface area contributed by atoms with Gasteiger partial charge in [-0.15, -0.1) is 0 Å². The smallest absolute Gasteiger partial charge is 0.338 e. The molecule has 1 aromatic heterocycles. The lowest BCUT2D eigenvalue weighted by molar-refractivity contribution is -0.139. The van der Waals surface area contributed by atoms with Crippen LogP contribution in [-0.4, -0.2) is 43.5 Å². The van der Waals surface area contributed by atoms with Crippen molar-refractivity contribution in [3.8, 4) is 11.5 Å². The van der Waals surface area contributed by atoms with Crippen molar-refractivity contribution >= 4 is 29.1 Å². The minimum atomic E-state index is -0.669. The zero-order chi connectivity index (χ0) is 25.3. The van der Waals surface area contributed by atoms with Crippen LogP contribution in [0.25, 0.3) is 6.08 Å².